The normalized spacial score (nSPS) is 11.5. The van der Waals surface area contributed by atoms with E-state index in [1.807, 2.05) is 20.8 Å². The SMILES string of the molecule is CC(C)(C)OC(=O)c1cn(CCN)cn1. The fraction of sp³-hybridized carbons (Fsp3) is 0.600. The third-order valence-corrected chi connectivity index (χ3v) is 1.63. The Morgan fingerprint density at radius 1 is 1.60 bits per heavy atom. The molecule has 0 unspecified atom stereocenters. The van der Waals surface area contributed by atoms with E-state index in [1.54, 1.807) is 17.1 Å². The van der Waals surface area contributed by atoms with Crippen LogP contribution in [0.3, 0.4) is 0 Å². The molecule has 5 nitrogen and oxygen atoms in total. The number of aromatic nitrogens is 2. The van der Waals surface area contributed by atoms with Crippen LogP contribution < -0.4 is 5.73 Å². The standard InChI is InChI=1S/C10H17N3O2/c1-10(2,3)15-9(14)8-6-13(5-4-11)7-12-8/h6-7H,4-5,11H2,1-3H3. The van der Waals surface area contributed by atoms with E-state index in [1.165, 1.54) is 0 Å². The first-order chi connectivity index (χ1) is 6.92. The number of nitrogens with zero attached hydrogens (tertiary/aromatic N) is 2. The van der Waals surface area contributed by atoms with Gasteiger partial charge in [0.1, 0.15) is 5.60 Å². The highest BCUT2D eigenvalue weighted by Crippen LogP contribution is 2.10. The summed E-state index contributed by atoms with van der Waals surface area (Å²) < 4.78 is 6.93. The van der Waals surface area contributed by atoms with E-state index in [0.717, 1.165) is 0 Å². The summed E-state index contributed by atoms with van der Waals surface area (Å²) in [5, 5.41) is 0. The maximum atomic E-state index is 11.5. The lowest BCUT2D eigenvalue weighted by Gasteiger charge is -2.18. The molecule has 1 rings (SSSR count). The van der Waals surface area contributed by atoms with Crippen molar-refractivity contribution >= 4 is 5.97 Å². The summed E-state index contributed by atoms with van der Waals surface area (Å²) in [4.78, 5) is 15.5. The number of carbonyl (C=O) groups excluding carboxylic acids is 1. The molecule has 84 valence electrons. The molecule has 1 aromatic rings. The fourth-order valence-corrected chi connectivity index (χ4v) is 1.07. The number of hydrogen-bond acceptors (Lipinski definition) is 4. The topological polar surface area (TPSA) is 70.1 Å². The van der Waals surface area contributed by atoms with Gasteiger partial charge in [0.15, 0.2) is 5.69 Å². The summed E-state index contributed by atoms with van der Waals surface area (Å²) in [7, 11) is 0. The van der Waals surface area contributed by atoms with Crippen molar-refractivity contribution < 1.29 is 9.53 Å². The number of imidazole rings is 1. The summed E-state index contributed by atoms with van der Waals surface area (Å²) >= 11 is 0. The van der Waals surface area contributed by atoms with Crippen molar-refractivity contribution in [3.8, 4) is 0 Å². The van der Waals surface area contributed by atoms with E-state index in [4.69, 9.17) is 10.5 Å². The van der Waals surface area contributed by atoms with Crippen molar-refractivity contribution in [1.82, 2.24) is 9.55 Å². The summed E-state index contributed by atoms with van der Waals surface area (Å²) in [5.74, 6) is -0.404. The maximum absolute atomic E-state index is 11.5. The molecule has 0 radical (unpaired) electrons. The van der Waals surface area contributed by atoms with E-state index in [0.29, 0.717) is 18.8 Å². The highest BCUT2D eigenvalue weighted by Gasteiger charge is 2.19. The van der Waals surface area contributed by atoms with Gasteiger partial charge in [0.25, 0.3) is 0 Å². The van der Waals surface area contributed by atoms with E-state index in [9.17, 15) is 4.79 Å². The molecule has 0 fully saturated rings. The molecule has 0 atom stereocenters. The molecular weight excluding hydrogens is 194 g/mol. The van der Waals surface area contributed by atoms with Gasteiger partial charge in [-0.05, 0) is 20.8 Å². The average Bonchev–Trinajstić information content (AvgIpc) is 2.50. The van der Waals surface area contributed by atoms with E-state index < -0.39 is 11.6 Å². The zero-order chi connectivity index (χ0) is 11.5. The second-order valence-corrected chi connectivity index (χ2v) is 4.29. The Bertz CT molecular complexity index is 339. The molecular formula is C10H17N3O2. The lowest BCUT2D eigenvalue weighted by atomic mass is 10.2. The van der Waals surface area contributed by atoms with Gasteiger partial charge in [-0.3, -0.25) is 0 Å². The molecule has 0 aliphatic carbocycles. The number of hydrogen-bond donors (Lipinski definition) is 1. The molecule has 0 aliphatic rings. The average molecular weight is 211 g/mol. The van der Waals surface area contributed by atoms with Crippen LogP contribution in [0.2, 0.25) is 0 Å². The monoisotopic (exact) mass is 211 g/mol. The van der Waals surface area contributed by atoms with Gasteiger partial charge in [-0.15, -0.1) is 0 Å². The zero-order valence-corrected chi connectivity index (χ0v) is 9.36. The first kappa shape index (κ1) is 11.7. The minimum Gasteiger partial charge on any atom is -0.455 e. The third kappa shape index (κ3) is 3.71. The van der Waals surface area contributed by atoms with Crippen molar-refractivity contribution in [1.29, 1.82) is 0 Å². The second-order valence-electron chi connectivity index (χ2n) is 4.29. The van der Waals surface area contributed by atoms with E-state index in [2.05, 4.69) is 4.98 Å². The molecule has 0 spiro atoms. The van der Waals surface area contributed by atoms with Gasteiger partial charge in [-0.1, -0.05) is 0 Å². The number of esters is 1. The predicted molar refractivity (Wildman–Crippen MR) is 56.4 cm³/mol. The fourth-order valence-electron chi connectivity index (χ4n) is 1.07. The first-order valence-electron chi connectivity index (χ1n) is 4.87. The summed E-state index contributed by atoms with van der Waals surface area (Å²) in [6.07, 6.45) is 3.22. The summed E-state index contributed by atoms with van der Waals surface area (Å²) in [6, 6.07) is 0. The van der Waals surface area contributed by atoms with E-state index in [-0.39, 0.29) is 0 Å². The molecule has 0 bridgehead atoms. The Hall–Kier alpha value is -1.36. The Morgan fingerprint density at radius 3 is 2.80 bits per heavy atom. The molecule has 0 saturated carbocycles. The molecule has 1 aromatic heterocycles. The molecule has 0 aliphatic heterocycles. The minimum absolute atomic E-state index is 0.318. The second kappa shape index (κ2) is 4.44. The van der Waals surface area contributed by atoms with Gasteiger partial charge in [0, 0.05) is 19.3 Å². The number of nitrogens with two attached hydrogens (primary N) is 1. The van der Waals surface area contributed by atoms with Gasteiger partial charge in [-0.2, -0.15) is 0 Å². The Kier molecular flexibility index (Phi) is 3.47. The summed E-state index contributed by atoms with van der Waals surface area (Å²) in [6.45, 7) is 6.63. The molecule has 0 amide bonds. The summed E-state index contributed by atoms with van der Waals surface area (Å²) in [5.41, 5.74) is 5.21. The van der Waals surface area contributed by atoms with Crippen molar-refractivity contribution in [3.63, 3.8) is 0 Å². The van der Waals surface area contributed by atoms with Crippen LogP contribution in [-0.4, -0.2) is 27.7 Å². The highest BCUT2D eigenvalue weighted by atomic mass is 16.6. The molecule has 15 heavy (non-hydrogen) atoms. The van der Waals surface area contributed by atoms with Crippen LogP contribution in [0.1, 0.15) is 31.3 Å². The third-order valence-electron chi connectivity index (χ3n) is 1.63. The highest BCUT2D eigenvalue weighted by molar-refractivity contribution is 5.87. The maximum Gasteiger partial charge on any atom is 0.359 e. The van der Waals surface area contributed by atoms with E-state index >= 15 is 0 Å². The van der Waals surface area contributed by atoms with Crippen molar-refractivity contribution in [3.05, 3.63) is 18.2 Å². The van der Waals surface area contributed by atoms with Crippen molar-refractivity contribution in [2.24, 2.45) is 5.73 Å². The quantitative estimate of drug-likeness (QED) is 0.751. The molecule has 2 N–H and O–H groups in total. The van der Waals surface area contributed by atoms with Crippen LogP contribution >= 0.6 is 0 Å². The number of ether oxygens (including phenoxy) is 1. The lowest BCUT2D eigenvalue weighted by molar-refractivity contribution is 0.00633. The van der Waals surface area contributed by atoms with Gasteiger partial charge >= 0.3 is 5.97 Å². The van der Waals surface area contributed by atoms with Crippen LogP contribution in [0.15, 0.2) is 12.5 Å². The smallest absolute Gasteiger partial charge is 0.359 e. The first-order valence-corrected chi connectivity index (χ1v) is 4.87. The molecule has 0 saturated heterocycles. The van der Waals surface area contributed by atoms with Gasteiger partial charge in [0.2, 0.25) is 0 Å². The predicted octanol–water partition coefficient (Wildman–Crippen LogP) is 0.797. The van der Waals surface area contributed by atoms with Crippen molar-refractivity contribution in [2.75, 3.05) is 6.54 Å². The van der Waals surface area contributed by atoms with Crippen LogP contribution in [0.4, 0.5) is 0 Å². The Morgan fingerprint density at radius 2 is 2.27 bits per heavy atom. The van der Waals surface area contributed by atoms with Gasteiger partial charge < -0.3 is 15.0 Å². The van der Waals surface area contributed by atoms with Crippen LogP contribution in [0, 0.1) is 0 Å². The van der Waals surface area contributed by atoms with Crippen molar-refractivity contribution in [2.45, 2.75) is 32.9 Å². The Balaban J connectivity index is 2.66. The number of rotatable bonds is 3. The zero-order valence-electron chi connectivity index (χ0n) is 9.36. The molecule has 0 aromatic carbocycles. The van der Waals surface area contributed by atoms with Gasteiger partial charge in [0.05, 0.1) is 6.33 Å². The Labute approximate surface area is 89.2 Å². The lowest BCUT2D eigenvalue weighted by Crippen LogP contribution is -2.24. The number of carbonyl (C=O) groups is 1. The minimum atomic E-state index is -0.491. The van der Waals surface area contributed by atoms with Crippen LogP contribution in [0.25, 0.3) is 0 Å². The van der Waals surface area contributed by atoms with Gasteiger partial charge in [-0.25, -0.2) is 9.78 Å². The van der Waals surface area contributed by atoms with Crippen LogP contribution in [0.5, 0.6) is 0 Å². The van der Waals surface area contributed by atoms with Crippen LogP contribution in [-0.2, 0) is 11.3 Å². The molecule has 1 heterocycles. The largest absolute Gasteiger partial charge is 0.455 e. The molecule has 5 heteroatoms.